The molecule has 1 aromatic heterocycles. The van der Waals surface area contributed by atoms with Gasteiger partial charge in [0.05, 0.1) is 0 Å². The van der Waals surface area contributed by atoms with Gasteiger partial charge in [0.25, 0.3) is 0 Å². The largest absolute Gasteiger partial charge is 0.341 e. The number of hydrogen-bond acceptors (Lipinski definition) is 4. The summed E-state index contributed by atoms with van der Waals surface area (Å²) in [6, 6.07) is 0. The predicted molar refractivity (Wildman–Crippen MR) is 55.5 cm³/mol. The Morgan fingerprint density at radius 3 is 2.43 bits per heavy atom. The van der Waals surface area contributed by atoms with Crippen LogP contribution in [0, 0.1) is 0 Å². The molecule has 0 unspecified atom stereocenters. The van der Waals surface area contributed by atoms with Gasteiger partial charge in [0, 0.05) is 13.1 Å². The van der Waals surface area contributed by atoms with Crippen LogP contribution >= 0.6 is 11.6 Å². The molecule has 1 aromatic rings. The Morgan fingerprint density at radius 2 is 1.79 bits per heavy atom. The summed E-state index contributed by atoms with van der Waals surface area (Å²) in [6.07, 6.45) is 6.49. The summed E-state index contributed by atoms with van der Waals surface area (Å²) >= 11 is 5.72. The molecule has 76 valence electrons. The molecule has 0 atom stereocenters. The molecule has 2 heterocycles. The maximum absolute atomic E-state index is 5.72. The molecule has 1 fully saturated rings. The minimum Gasteiger partial charge on any atom is -0.341 e. The van der Waals surface area contributed by atoms with Crippen LogP contribution in [0.15, 0.2) is 6.33 Å². The van der Waals surface area contributed by atoms with Crippen molar-refractivity contribution in [2.45, 2.75) is 25.7 Å². The van der Waals surface area contributed by atoms with E-state index in [2.05, 4.69) is 19.9 Å². The standard InChI is InChI=1S/C9H13ClN4/c10-8-11-7-12-9(13-8)14-5-3-1-2-4-6-14/h7H,1-6H2. The van der Waals surface area contributed by atoms with Crippen molar-refractivity contribution in [3.63, 3.8) is 0 Å². The number of nitrogens with zero attached hydrogens (tertiary/aromatic N) is 4. The van der Waals surface area contributed by atoms with E-state index in [0.717, 1.165) is 13.1 Å². The third-order valence-electron chi connectivity index (χ3n) is 2.42. The molecular weight excluding hydrogens is 200 g/mol. The minimum absolute atomic E-state index is 0.277. The van der Waals surface area contributed by atoms with E-state index in [0.29, 0.717) is 5.95 Å². The summed E-state index contributed by atoms with van der Waals surface area (Å²) in [7, 11) is 0. The van der Waals surface area contributed by atoms with E-state index in [-0.39, 0.29) is 5.28 Å². The second kappa shape index (κ2) is 4.55. The molecular formula is C9H13ClN4. The van der Waals surface area contributed by atoms with Crippen LogP contribution in [0.1, 0.15) is 25.7 Å². The molecule has 0 radical (unpaired) electrons. The van der Waals surface area contributed by atoms with Gasteiger partial charge in [-0.15, -0.1) is 0 Å². The number of anilines is 1. The molecule has 0 aliphatic carbocycles. The number of rotatable bonds is 1. The third-order valence-corrected chi connectivity index (χ3v) is 2.60. The van der Waals surface area contributed by atoms with Crippen LogP contribution in [0.25, 0.3) is 0 Å². The lowest BCUT2D eigenvalue weighted by Crippen LogP contribution is -2.26. The first-order chi connectivity index (χ1) is 6.86. The quantitative estimate of drug-likeness (QED) is 0.713. The Balaban J connectivity index is 2.12. The zero-order chi connectivity index (χ0) is 9.80. The van der Waals surface area contributed by atoms with Crippen LogP contribution < -0.4 is 4.90 Å². The number of aromatic nitrogens is 3. The number of hydrogen-bond donors (Lipinski definition) is 0. The zero-order valence-corrected chi connectivity index (χ0v) is 8.74. The average molecular weight is 213 g/mol. The Morgan fingerprint density at radius 1 is 1.07 bits per heavy atom. The maximum atomic E-state index is 5.72. The van der Waals surface area contributed by atoms with Crippen LogP contribution in [-0.2, 0) is 0 Å². The first-order valence-electron chi connectivity index (χ1n) is 4.96. The lowest BCUT2D eigenvalue weighted by atomic mass is 10.2. The van der Waals surface area contributed by atoms with E-state index in [1.54, 1.807) is 0 Å². The monoisotopic (exact) mass is 212 g/mol. The summed E-state index contributed by atoms with van der Waals surface area (Å²) in [5, 5.41) is 0.277. The molecule has 0 saturated carbocycles. The van der Waals surface area contributed by atoms with Gasteiger partial charge < -0.3 is 4.90 Å². The molecule has 0 N–H and O–H groups in total. The van der Waals surface area contributed by atoms with E-state index in [1.165, 1.54) is 32.0 Å². The maximum Gasteiger partial charge on any atom is 0.229 e. The molecule has 14 heavy (non-hydrogen) atoms. The highest BCUT2D eigenvalue weighted by molar-refractivity contribution is 6.28. The molecule has 0 amide bonds. The van der Waals surface area contributed by atoms with Crippen LogP contribution in [0.2, 0.25) is 5.28 Å². The summed E-state index contributed by atoms with van der Waals surface area (Å²) in [5.74, 6) is 0.715. The SMILES string of the molecule is Clc1ncnc(N2CCCCCC2)n1. The van der Waals surface area contributed by atoms with Gasteiger partial charge in [-0.25, -0.2) is 9.97 Å². The first-order valence-corrected chi connectivity index (χ1v) is 5.33. The molecule has 0 spiro atoms. The van der Waals surface area contributed by atoms with Crippen molar-refractivity contribution in [2.75, 3.05) is 18.0 Å². The minimum atomic E-state index is 0.277. The summed E-state index contributed by atoms with van der Waals surface area (Å²) in [6.45, 7) is 2.06. The van der Waals surface area contributed by atoms with Crippen molar-refractivity contribution in [1.29, 1.82) is 0 Å². The first kappa shape index (κ1) is 9.65. The second-order valence-electron chi connectivity index (χ2n) is 3.46. The second-order valence-corrected chi connectivity index (χ2v) is 3.79. The highest BCUT2D eigenvalue weighted by Gasteiger charge is 2.12. The van der Waals surface area contributed by atoms with Gasteiger partial charge in [-0.1, -0.05) is 12.8 Å². The molecule has 1 aliphatic rings. The number of halogens is 1. The Kier molecular flexibility index (Phi) is 3.14. The van der Waals surface area contributed by atoms with Crippen LogP contribution in [-0.4, -0.2) is 28.0 Å². The molecule has 0 bridgehead atoms. The highest BCUT2D eigenvalue weighted by Crippen LogP contribution is 2.15. The van der Waals surface area contributed by atoms with E-state index >= 15 is 0 Å². The predicted octanol–water partition coefficient (Wildman–Crippen LogP) is 1.91. The van der Waals surface area contributed by atoms with Crippen molar-refractivity contribution in [3.05, 3.63) is 11.6 Å². The Bertz CT molecular complexity index is 297. The van der Waals surface area contributed by atoms with Crippen molar-refractivity contribution in [1.82, 2.24) is 15.0 Å². The van der Waals surface area contributed by atoms with Gasteiger partial charge in [-0.05, 0) is 24.4 Å². The van der Waals surface area contributed by atoms with Crippen LogP contribution in [0.3, 0.4) is 0 Å². The van der Waals surface area contributed by atoms with Crippen LogP contribution in [0.4, 0.5) is 5.95 Å². The molecule has 4 nitrogen and oxygen atoms in total. The van der Waals surface area contributed by atoms with Crippen molar-refractivity contribution < 1.29 is 0 Å². The topological polar surface area (TPSA) is 41.9 Å². The molecule has 5 heteroatoms. The Hall–Kier alpha value is -0.900. The van der Waals surface area contributed by atoms with Crippen molar-refractivity contribution in [3.8, 4) is 0 Å². The van der Waals surface area contributed by atoms with Gasteiger partial charge >= 0.3 is 0 Å². The zero-order valence-electron chi connectivity index (χ0n) is 7.99. The summed E-state index contributed by atoms with van der Waals surface area (Å²) in [4.78, 5) is 14.2. The van der Waals surface area contributed by atoms with E-state index in [4.69, 9.17) is 11.6 Å². The van der Waals surface area contributed by atoms with Gasteiger partial charge in [0.1, 0.15) is 6.33 Å². The molecule has 2 rings (SSSR count). The lowest BCUT2D eigenvalue weighted by molar-refractivity contribution is 0.726. The van der Waals surface area contributed by atoms with E-state index < -0.39 is 0 Å². The van der Waals surface area contributed by atoms with Gasteiger partial charge in [0.2, 0.25) is 11.2 Å². The van der Waals surface area contributed by atoms with E-state index in [1.807, 2.05) is 0 Å². The fourth-order valence-electron chi connectivity index (χ4n) is 1.69. The van der Waals surface area contributed by atoms with Crippen molar-refractivity contribution >= 4 is 17.5 Å². The summed E-state index contributed by atoms with van der Waals surface area (Å²) in [5.41, 5.74) is 0. The van der Waals surface area contributed by atoms with Crippen LogP contribution in [0.5, 0.6) is 0 Å². The third kappa shape index (κ3) is 2.32. The average Bonchev–Trinajstić information content (AvgIpc) is 2.45. The lowest BCUT2D eigenvalue weighted by Gasteiger charge is -2.19. The van der Waals surface area contributed by atoms with Gasteiger partial charge in [-0.3, -0.25) is 0 Å². The molecule has 1 aliphatic heterocycles. The fourth-order valence-corrected chi connectivity index (χ4v) is 1.81. The van der Waals surface area contributed by atoms with Crippen molar-refractivity contribution in [2.24, 2.45) is 0 Å². The van der Waals surface area contributed by atoms with Gasteiger partial charge in [0.15, 0.2) is 0 Å². The van der Waals surface area contributed by atoms with Gasteiger partial charge in [-0.2, -0.15) is 4.98 Å². The molecule has 0 aromatic carbocycles. The summed E-state index contributed by atoms with van der Waals surface area (Å²) < 4.78 is 0. The Labute approximate surface area is 88.3 Å². The normalized spacial score (nSPS) is 17.9. The fraction of sp³-hybridized carbons (Fsp3) is 0.667. The smallest absolute Gasteiger partial charge is 0.229 e. The highest BCUT2D eigenvalue weighted by atomic mass is 35.5. The van der Waals surface area contributed by atoms with E-state index in [9.17, 15) is 0 Å². The molecule has 1 saturated heterocycles.